The fraction of sp³-hybridized carbons (Fsp3) is 0.423. The average Bonchev–Trinajstić information content (AvgIpc) is 3.14. The molecular formula is C26H32N2O5. The van der Waals surface area contributed by atoms with E-state index in [1.807, 2.05) is 43.3 Å². The van der Waals surface area contributed by atoms with E-state index in [1.165, 1.54) is 11.8 Å². The molecule has 3 rings (SSSR count). The number of hydrogen-bond donors (Lipinski definition) is 2. The normalized spacial score (nSPS) is 14.0. The number of fused-ring (bicyclic) bond motifs is 3. The van der Waals surface area contributed by atoms with Crippen molar-refractivity contribution >= 4 is 18.0 Å². The lowest BCUT2D eigenvalue weighted by Crippen LogP contribution is -2.53. The summed E-state index contributed by atoms with van der Waals surface area (Å²) < 4.78 is 5.58. The summed E-state index contributed by atoms with van der Waals surface area (Å²) >= 11 is 0. The molecule has 2 amide bonds. The first-order valence-corrected chi connectivity index (χ1v) is 11.5. The molecule has 0 spiro atoms. The third-order valence-corrected chi connectivity index (χ3v) is 6.23. The number of carboxylic acids is 1. The molecule has 2 atom stereocenters. The minimum absolute atomic E-state index is 0.0767. The number of ether oxygens (including phenoxy) is 1. The molecule has 0 aliphatic heterocycles. The summed E-state index contributed by atoms with van der Waals surface area (Å²) in [5, 5.41) is 12.0. The maximum absolute atomic E-state index is 13.0. The number of aliphatic carboxylic acids is 1. The molecule has 1 unspecified atom stereocenters. The van der Waals surface area contributed by atoms with E-state index in [4.69, 9.17) is 4.74 Å². The van der Waals surface area contributed by atoms with Crippen LogP contribution >= 0.6 is 0 Å². The van der Waals surface area contributed by atoms with Gasteiger partial charge in [0.1, 0.15) is 18.7 Å². The minimum atomic E-state index is -1.08. The van der Waals surface area contributed by atoms with Gasteiger partial charge in [0.05, 0.1) is 0 Å². The van der Waals surface area contributed by atoms with E-state index < -0.39 is 30.1 Å². The van der Waals surface area contributed by atoms with Gasteiger partial charge in [-0.25, -0.2) is 9.59 Å². The maximum atomic E-state index is 13.0. The summed E-state index contributed by atoms with van der Waals surface area (Å²) in [6.45, 7) is 5.57. The van der Waals surface area contributed by atoms with Crippen LogP contribution < -0.4 is 5.32 Å². The molecule has 1 aliphatic carbocycles. The van der Waals surface area contributed by atoms with Crippen molar-refractivity contribution in [3.8, 4) is 11.1 Å². The number of likely N-dealkylation sites (N-methyl/N-ethyl adjacent to an activating group) is 1. The fourth-order valence-corrected chi connectivity index (χ4v) is 4.40. The van der Waals surface area contributed by atoms with Gasteiger partial charge in [0.25, 0.3) is 0 Å². The Morgan fingerprint density at radius 1 is 1.03 bits per heavy atom. The van der Waals surface area contributed by atoms with Crippen LogP contribution in [0.25, 0.3) is 11.1 Å². The topological polar surface area (TPSA) is 95.9 Å². The number of carboxylic acid groups (broad SMARTS) is 1. The molecule has 0 heterocycles. The summed E-state index contributed by atoms with van der Waals surface area (Å²) in [5.41, 5.74) is 4.49. The number of hydrogen-bond acceptors (Lipinski definition) is 4. The average molecular weight is 453 g/mol. The Bertz CT molecular complexity index is 960. The third-order valence-electron chi connectivity index (χ3n) is 6.23. The lowest BCUT2D eigenvalue weighted by atomic mass is 9.98. The highest BCUT2D eigenvalue weighted by Crippen LogP contribution is 2.44. The number of carbonyl (C=O) groups is 3. The van der Waals surface area contributed by atoms with Crippen LogP contribution in [-0.4, -0.2) is 53.2 Å². The van der Waals surface area contributed by atoms with Crippen LogP contribution in [0, 0.1) is 0 Å². The van der Waals surface area contributed by atoms with Crippen molar-refractivity contribution in [1.29, 1.82) is 0 Å². The molecule has 1 aliphatic rings. The number of benzene rings is 2. The van der Waals surface area contributed by atoms with Crippen LogP contribution in [0.15, 0.2) is 48.5 Å². The van der Waals surface area contributed by atoms with E-state index in [1.54, 1.807) is 6.92 Å². The first-order valence-electron chi connectivity index (χ1n) is 11.5. The Kier molecular flexibility index (Phi) is 8.09. The van der Waals surface area contributed by atoms with Gasteiger partial charge in [0.15, 0.2) is 0 Å². The van der Waals surface area contributed by atoms with Crippen molar-refractivity contribution < 1.29 is 24.2 Å². The number of nitrogens with zero attached hydrogens (tertiary/aromatic N) is 1. The molecule has 0 radical (unpaired) electrons. The molecule has 2 N–H and O–H groups in total. The molecular weight excluding hydrogens is 420 g/mol. The molecule has 0 bridgehead atoms. The highest BCUT2D eigenvalue weighted by atomic mass is 16.5. The first-order chi connectivity index (χ1) is 15.9. The molecule has 33 heavy (non-hydrogen) atoms. The Morgan fingerprint density at radius 3 is 2.12 bits per heavy atom. The second kappa shape index (κ2) is 11.0. The standard InChI is InChI=1S/C26H32N2O5/c1-4-6-15-23(24(29)28(5-2)17(3)25(30)31)27-26(32)33-16-22-20-13-9-7-11-18(20)19-12-8-10-14-21(19)22/h7-14,17,22-23H,4-6,15-16H2,1-3H3,(H,27,32)(H,30,31)/t17?,23-/m0/s1. The Morgan fingerprint density at radius 2 is 1.61 bits per heavy atom. The van der Waals surface area contributed by atoms with E-state index in [2.05, 4.69) is 17.4 Å². The summed E-state index contributed by atoms with van der Waals surface area (Å²) in [6, 6.07) is 14.3. The fourth-order valence-electron chi connectivity index (χ4n) is 4.40. The lowest BCUT2D eigenvalue weighted by Gasteiger charge is -2.29. The highest BCUT2D eigenvalue weighted by molar-refractivity contribution is 5.89. The van der Waals surface area contributed by atoms with E-state index in [0.717, 1.165) is 35.1 Å². The maximum Gasteiger partial charge on any atom is 0.407 e. The monoisotopic (exact) mass is 452 g/mol. The number of unbranched alkanes of at least 4 members (excludes halogenated alkanes) is 1. The number of alkyl carbamates (subject to hydrolysis) is 1. The van der Waals surface area contributed by atoms with Crippen LogP contribution in [-0.2, 0) is 14.3 Å². The van der Waals surface area contributed by atoms with Crippen molar-refractivity contribution in [3.05, 3.63) is 59.7 Å². The SMILES string of the molecule is CCCC[C@H](NC(=O)OCC1c2ccccc2-c2ccccc21)C(=O)N(CC)C(C)C(=O)O. The second-order valence-electron chi connectivity index (χ2n) is 8.30. The molecule has 176 valence electrons. The van der Waals surface area contributed by atoms with Crippen molar-refractivity contribution in [2.24, 2.45) is 0 Å². The lowest BCUT2D eigenvalue weighted by molar-refractivity contribution is -0.150. The molecule has 0 saturated carbocycles. The number of nitrogens with one attached hydrogen (secondary N) is 1. The summed E-state index contributed by atoms with van der Waals surface area (Å²) in [7, 11) is 0. The van der Waals surface area contributed by atoms with Gasteiger partial charge in [0, 0.05) is 12.5 Å². The van der Waals surface area contributed by atoms with Crippen LogP contribution in [0.1, 0.15) is 57.1 Å². The molecule has 0 aromatic heterocycles. The van der Waals surface area contributed by atoms with Crippen molar-refractivity contribution in [3.63, 3.8) is 0 Å². The molecule has 0 fully saturated rings. The van der Waals surface area contributed by atoms with Crippen molar-refractivity contribution in [2.45, 2.75) is 58.0 Å². The van der Waals surface area contributed by atoms with Crippen LogP contribution in [0.5, 0.6) is 0 Å². The number of rotatable bonds is 10. The number of carbonyl (C=O) groups excluding carboxylic acids is 2. The van der Waals surface area contributed by atoms with Gasteiger partial charge < -0.3 is 20.1 Å². The molecule has 7 nitrogen and oxygen atoms in total. The van der Waals surface area contributed by atoms with Gasteiger partial charge in [-0.1, -0.05) is 68.3 Å². The molecule has 0 saturated heterocycles. The van der Waals surface area contributed by atoms with Crippen molar-refractivity contribution in [1.82, 2.24) is 10.2 Å². The van der Waals surface area contributed by atoms with Crippen LogP contribution in [0.3, 0.4) is 0 Å². The third kappa shape index (κ3) is 5.35. The van der Waals surface area contributed by atoms with Crippen molar-refractivity contribution in [2.75, 3.05) is 13.2 Å². The smallest absolute Gasteiger partial charge is 0.407 e. The Labute approximate surface area is 194 Å². The largest absolute Gasteiger partial charge is 0.480 e. The Hall–Kier alpha value is -3.35. The zero-order valence-electron chi connectivity index (χ0n) is 19.4. The summed E-state index contributed by atoms with van der Waals surface area (Å²) in [4.78, 5) is 38.4. The van der Waals surface area contributed by atoms with Gasteiger partial charge in [-0.2, -0.15) is 0 Å². The predicted octanol–water partition coefficient (Wildman–Crippen LogP) is 4.41. The molecule has 2 aromatic rings. The minimum Gasteiger partial charge on any atom is -0.480 e. The summed E-state index contributed by atoms with van der Waals surface area (Å²) in [6.07, 6.45) is 1.31. The summed E-state index contributed by atoms with van der Waals surface area (Å²) in [5.74, 6) is -1.57. The van der Waals surface area contributed by atoms with E-state index >= 15 is 0 Å². The van der Waals surface area contributed by atoms with E-state index in [9.17, 15) is 19.5 Å². The van der Waals surface area contributed by atoms with Crippen LogP contribution in [0.2, 0.25) is 0 Å². The highest BCUT2D eigenvalue weighted by Gasteiger charge is 2.32. The van der Waals surface area contributed by atoms with E-state index in [0.29, 0.717) is 6.42 Å². The first kappa shape index (κ1) is 24.3. The van der Waals surface area contributed by atoms with Gasteiger partial charge >= 0.3 is 12.1 Å². The molecule has 2 aromatic carbocycles. The number of amides is 2. The van der Waals surface area contributed by atoms with Crippen LogP contribution in [0.4, 0.5) is 4.79 Å². The quantitative estimate of drug-likeness (QED) is 0.557. The zero-order valence-corrected chi connectivity index (χ0v) is 19.4. The van der Waals surface area contributed by atoms with Gasteiger partial charge in [0.2, 0.25) is 5.91 Å². The second-order valence-corrected chi connectivity index (χ2v) is 8.30. The van der Waals surface area contributed by atoms with Gasteiger partial charge in [-0.3, -0.25) is 4.79 Å². The molecule has 7 heteroatoms. The van der Waals surface area contributed by atoms with Gasteiger partial charge in [-0.05, 0) is 42.5 Å². The van der Waals surface area contributed by atoms with Gasteiger partial charge in [-0.15, -0.1) is 0 Å². The zero-order chi connectivity index (χ0) is 24.0. The predicted molar refractivity (Wildman–Crippen MR) is 126 cm³/mol. The Balaban J connectivity index is 1.70. The van der Waals surface area contributed by atoms with E-state index in [-0.39, 0.29) is 19.1 Å².